The van der Waals surface area contributed by atoms with Gasteiger partial charge in [-0.05, 0) is 38.1 Å². The maximum Gasteiger partial charge on any atom is 0.326 e. The third-order valence-electron chi connectivity index (χ3n) is 9.12. The molecule has 39 heavy (non-hydrogen) atoms. The van der Waals surface area contributed by atoms with Gasteiger partial charge >= 0.3 is 17.9 Å². The van der Waals surface area contributed by atoms with Crippen molar-refractivity contribution in [3.63, 3.8) is 0 Å². The minimum Gasteiger partial charge on any atom is -0.493 e. The molecule has 2 spiro atoms. The van der Waals surface area contributed by atoms with E-state index in [4.69, 9.17) is 18.9 Å². The van der Waals surface area contributed by atoms with E-state index >= 15 is 0 Å². The lowest BCUT2D eigenvalue weighted by Gasteiger charge is -2.60. The first-order valence-corrected chi connectivity index (χ1v) is 12.8. The first-order chi connectivity index (χ1) is 18.4. The summed E-state index contributed by atoms with van der Waals surface area (Å²) in [6, 6.07) is 2.17. The van der Waals surface area contributed by atoms with Crippen LogP contribution < -0.4 is 14.8 Å². The number of carboxylic acid groups (broad SMARTS) is 1. The van der Waals surface area contributed by atoms with Crippen molar-refractivity contribution in [3.05, 3.63) is 35.1 Å². The Hall–Kier alpha value is -3.64. The molecule has 1 amide bonds. The summed E-state index contributed by atoms with van der Waals surface area (Å²) in [6.07, 6.45) is -0.233. The highest BCUT2D eigenvalue weighted by Gasteiger charge is 2.85. The molecule has 1 aromatic rings. The van der Waals surface area contributed by atoms with Crippen LogP contribution >= 0.6 is 0 Å². The monoisotopic (exact) mass is 542 g/mol. The van der Waals surface area contributed by atoms with Gasteiger partial charge in [0.2, 0.25) is 0 Å². The van der Waals surface area contributed by atoms with Crippen LogP contribution in [0.5, 0.6) is 11.5 Å². The van der Waals surface area contributed by atoms with E-state index in [1.165, 1.54) is 14.0 Å². The highest BCUT2D eigenvalue weighted by molar-refractivity contribution is 5.90. The van der Waals surface area contributed by atoms with Crippen LogP contribution in [0.25, 0.3) is 0 Å². The van der Waals surface area contributed by atoms with Crippen LogP contribution in [0.2, 0.25) is 0 Å². The maximum atomic E-state index is 13.0. The number of aliphatic carboxylic acids is 1. The molecule has 0 radical (unpaired) electrons. The van der Waals surface area contributed by atoms with Gasteiger partial charge in [0.15, 0.2) is 23.7 Å². The van der Waals surface area contributed by atoms with Gasteiger partial charge in [0, 0.05) is 30.9 Å². The molecule has 3 unspecified atom stereocenters. The lowest BCUT2D eigenvalue weighted by molar-refractivity contribution is -0.156. The van der Waals surface area contributed by atoms with E-state index in [0.717, 1.165) is 24.6 Å². The van der Waals surface area contributed by atoms with Crippen molar-refractivity contribution in [2.45, 2.75) is 73.8 Å². The molecule has 5 aliphatic rings. The average molecular weight is 543 g/mol. The van der Waals surface area contributed by atoms with Crippen LogP contribution in [0, 0.1) is 0 Å². The molecule has 12 nitrogen and oxygen atoms in total. The second-order valence-corrected chi connectivity index (χ2v) is 11.2. The van der Waals surface area contributed by atoms with Crippen molar-refractivity contribution in [2.24, 2.45) is 0 Å². The molecule has 7 atom stereocenters. The van der Waals surface area contributed by atoms with Crippen LogP contribution in [-0.2, 0) is 39.5 Å². The molecule has 1 saturated carbocycles. The number of hydrogen-bond acceptors (Lipinski definition) is 10. The number of carbonyl (C=O) groups excluding carboxylic acids is 3. The van der Waals surface area contributed by atoms with Gasteiger partial charge in [-0.3, -0.25) is 19.3 Å². The normalized spacial score (nSPS) is 33.9. The summed E-state index contributed by atoms with van der Waals surface area (Å²) in [5.41, 5.74) is -0.235. The fourth-order valence-electron chi connectivity index (χ4n) is 7.99. The zero-order valence-electron chi connectivity index (χ0n) is 22.0. The summed E-state index contributed by atoms with van der Waals surface area (Å²) in [6.45, 7) is 3.20. The van der Waals surface area contributed by atoms with E-state index in [0.29, 0.717) is 17.9 Å². The van der Waals surface area contributed by atoms with Crippen molar-refractivity contribution in [2.75, 3.05) is 20.7 Å². The molecule has 3 aliphatic carbocycles. The number of methoxy groups -OCH3 is 1. The molecule has 1 saturated heterocycles. The second-order valence-electron chi connectivity index (χ2n) is 11.2. The third-order valence-corrected chi connectivity index (χ3v) is 9.12. The number of fused-ring (bicyclic) bond motifs is 1. The van der Waals surface area contributed by atoms with E-state index in [9.17, 15) is 29.4 Å². The van der Waals surface area contributed by atoms with Crippen molar-refractivity contribution < 1.29 is 48.3 Å². The van der Waals surface area contributed by atoms with Gasteiger partial charge in [-0.15, -0.1) is 0 Å². The Bertz CT molecular complexity index is 1360. The van der Waals surface area contributed by atoms with Gasteiger partial charge in [-0.1, -0.05) is 6.07 Å². The van der Waals surface area contributed by atoms with E-state index in [1.807, 2.05) is 19.2 Å². The number of nitrogens with zero attached hydrogens (tertiary/aromatic N) is 1. The number of hydrogen-bond donors (Lipinski definition) is 3. The molecule has 2 fully saturated rings. The van der Waals surface area contributed by atoms with Crippen LogP contribution in [0.15, 0.2) is 24.0 Å². The van der Waals surface area contributed by atoms with E-state index in [-0.39, 0.29) is 23.6 Å². The highest BCUT2D eigenvalue weighted by Crippen LogP contribution is 2.77. The number of benzene rings is 1. The summed E-state index contributed by atoms with van der Waals surface area (Å²) < 4.78 is 22.4. The molecule has 2 aliphatic heterocycles. The zero-order valence-corrected chi connectivity index (χ0v) is 22.0. The van der Waals surface area contributed by atoms with Crippen molar-refractivity contribution >= 4 is 23.8 Å². The fraction of sp³-hybridized carbons (Fsp3) is 0.556. The highest BCUT2D eigenvalue weighted by atomic mass is 16.6. The Morgan fingerprint density at radius 3 is 2.67 bits per heavy atom. The van der Waals surface area contributed by atoms with Gasteiger partial charge < -0.3 is 34.5 Å². The Balaban J connectivity index is 1.27. The summed E-state index contributed by atoms with van der Waals surface area (Å²) in [5, 5.41) is 24.0. The molecule has 12 heteroatoms. The number of amides is 1. The number of carbonyl (C=O) groups is 4. The standard InChI is InChI=1S/C27H30N2O10/c1-12(37-13(2)30)22(32)28-15(23(33)34)9-18(31)38-17-7-8-27(35)24-25(11-29(24)3)10-26(27)19-14(25)5-6-16(36-4)20(19)39-21(17)26/h5-7,12,15,21,24,35H,8-11H2,1-4H3,(H,28,32)(H,33,34)/t12-,15-,21?,24+,25?,26?,27+/m0/s1. The predicted molar refractivity (Wildman–Crippen MR) is 131 cm³/mol. The number of likely N-dealkylation sites (N-methyl/N-ethyl adjacent to an activating group) is 1. The van der Waals surface area contributed by atoms with Crippen molar-refractivity contribution in [3.8, 4) is 11.5 Å². The Kier molecular flexibility index (Phi) is 5.38. The van der Waals surface area contributed by atoms with Gasteiger partial charge in [0.05, 0.1) is 30.6 Å². The second kappa shape index (κ2) is 8.18. The largest absolute Gasteiger partial charge is 0.493 e. The van der Waals surface area contributed by atoms with Gasteiger partial charge in [0.25, 0.3) is 5.91 Å². The molecular weight excluding hydrogens is 512 g/mol. The maximum absolute atomic E-state index is 13.0. The van der Waals surface area contributed by atoms with Gasteiger partial charge in [-0.25, -0.2) is 4.79 Å². The quantitative estimate of drug-likeness (QED) is 0.383. The summed E-state index contributed by atoms with van der Waals surface area (Å²) in [7, 11) is 3.53. The number of aliphatic hydroxyl groups is 1. The molecule has 208 valence electrons. The summed E-state index contributed by atoms with van der Waals surface area (Å²) in [4.78, 5) is 50.3. The van der Waals surface area contributed by atoms with E-state index in [1.54, 1.807) is 6.08 Å². The lowest BCUT2D eigenvalue weighted by atomic mass is 9.56. The number of rotatable bonds is 8. The van der Waals surface area contributed by atoms with Crippen LogP contribution in [0.3, 0.4) is 0 Å². The Morgan fingerprint density at radius 1 is 1.28 bits per heavy atom. The average Bonchev–Trinajstić information content (AvgIpc) is 3.42. The van der Waals surface area contributed by atoms with Crippen molar-refractivity contribution in [1.29, 1.82) is 0 Å². The molecule has 2 heterocycles. The fourth-order valence-corrected chi connectivity index (χ4v) is 7.99. The number of nitrogens with one attached hydrogen (secondary N) is 1. The van der Waals surface area contributed by atoms with E-state index < -0.39 is 59.5 Å². The van der Waals surface area contributed by atoms with Crippen LogP contribution in [0.4, 0.5) is 0 Å². The minimum absolute atomic E-state index is 0.123. The molecule has 0 aromatic heterocycles. The lowest BCUT2D eigenvalue weighted by Crippen LogP contribution is -2.74. The number of likely N-dealkylation sites (tertiary alicyclic amines) is 1. The van der Waals surface area contributed by atoms with Crippen molar-refractivity contribution in [1.82, 2.24) is 10.2 Å². The first kappa shape index (κ1) is 25.6. The van der Waals surface area contributed by atoms with Gasteiger partial charge in [-0.2, -0.15) is 0 Å². The van der Waals surface area contributed by atoms with Crippen LogP contribution in [-0.4, -0.2) is 89.5 Å². The molecule has 6 rings (SSSR count). The first-order valence-electron chi connectivity index (χ1n) is 12.8. The minimum atomic E-state index is -1.61. The molecular formula is C27H30N2O10. The SMILES string of the molecule is COc1ccc2c3c1OC1C(OC(=O)C[C@H](NC(=O)[C@H](C)OC(C)=O)C(=O)O)=CC[C@@]4(O)[C@@H]5N(C)CC25CC314. The number of esters is 2. The van der Waals surface area contributed by atoms with Gasteiger partial charge in [0.1, 0.15) is 11.8 Å². The summed E-state index contributed by atoms with van der Waals surface area (Å²) in [5.74, 6) is -2.66. The molecule has 1 aromatic carbocycles. The Labute approximate surface area is 223 Å². The number of ether oxygens (including phenoxy) is 4. The van der Waals surface area contributed by atoms with Crippen LogP contribution in [0.1, 0.15) is 44.2 Å². The van der Waals surface area contributed by atoms with E-state index in [2.05, 4.69) is 10.2 Å². The third kappa shape index (κ3) is 3.12. The summed E-state index contributed by atoms with van der Waals surface area (Å²) >= 11 is 0. The Morgan fingerprint density at radius 2 is 2.03 bits per heavy atom. The predicted octanol–water partition coefficient (Wildman–Crippen LogP) is 0.136. The molecule has 2 bridgehead atoms. The topological polar surface area (TPSA) is 161 Å². The molecule has 3 N–H and O–H groups in total. The number of carboxylic acids is 1. The zero-order chi connectivity index (χ0) is 28.1. The smallest absolute Gasteiger partial charge is 0.326 e.